The number of pyridine rings is 1. The van der Waals surface area contributed by atoms with Crippen LogP contribution < -0.4 is 10.2 Å². The Morgan fingerprint density at radius 1 is 1.15 bits per heavy atom. The molecule has 1 N–H and O–H groups in total. The van der Waals surface area contributed by atoms with Gasteiger partial charge in [0.05, 0.1) is 13.2 Å². The van der Waals surface area contributed by atoms with E-state index in [0.717, 1.165) is 48.6 Å². The molecule has 2 aromatic rings. The molecule has 6 nitrogen and oxygen atoms in total. The lowest BCUT2D eigenvalue weighted by molar-refractivity contribution is -0.169. The molecular formula is C21H25N3O3. The first-order valence-corrected chi connectivity index (χ1v) is 9.43. The molecule has 0 unspecified atom stereocenters. The highest BCUT2D eigenvalue weighted by molar-refractivity contribution is 6.05. The third-order valence-electron chi connectivity index (χ3n) is 5.52. The predicted octanol–water partition coefficient (Wildman–Crippen LogP) is 3.29. The number of hydrogen-bond acceptors (Lipinski definition) is 5. The first-order valence-electron chi connectivity index (χ1n) is 9.43. The number of anilines is 2. The summed E-state index contributed by atoms with van der Waals surface area (Å²) in [7, 11) is 0. The molecule has 142 valence electrons. The summed E-state index contributed by atoms with van der Waals surface area (Å²) in [6.07, 6.45) is 3.32. The van der Waals surface area contributed by atoms with E-state index in [1.165, 1.54) is 0 Å². The number of carbonyl (C=O) groups excluding carboxylic acids is 1. The Bertz CT molecular complexity index is 836. The highest BCUT2D eigenvalue weighted by Crippen LogP contribution is 2.32. The molecule has 1 amide bonds. The first-order chi connectivity index (χ1) is 13.1. The van der Waals surface area contributed by atoms with Crippen LogP contribution in [-0.4, -0.2) is 43.0 Å². The molecule has 2 aliphatic heterocycles. The van der Waals surface area contributed by atoms with Crippen molar-refractivity contribution in [2.24, 2.45) is 0 Å². The number of ether oxygens (including phenoxy) is 2. The van der Waals surface area contributed by atoms with Crippen molar-refractivity contribution in [2.75, 3.05) is 36.5 Å². The number of aryl methyl sites for hydroxylation is 1. The van der Waals surface area contributed by atoms with E-state index >= 15 is 0 Å². The molecule has 2 fully saturated rings. The van der Waals surface area contributed by atoms with Crippen molar-refractivity contribution in [3.8, 4) is 0 Å². The van der Waals surface area contributed by atoms with Crippen molar-refractivity contribution in [3.63, 3.8) is 0 Å². The van der Waals surface area contributed by atoms with Gasteiger partial charge in [0, 0.05) is 43.4 Å². The van der Waals surface area contributed by atoms with Gasteiger partial charge in [-0.25, -0.2) is 4.98 Å². The van der Waals surface area contributed by atoms with Crippen molar-refractivity contribution in [3.05, 3.63) is 53.2 Å². The first kappa shape index (κ1) is 17.9. The van der Waals surface area contributed by atoms with Gasteiger partial charge in [0.25, 0.3) is 5.91 Å². The van der Waals surface area contributed by atoms with Crippen LogP contribution in [0.5, 0.6) is 0 Å². The molecule has 3 heterocycles. The number of nitrogens with one attached hydrogen (secondary N) is 1. The van der Waals surface area contributed by atoms with E-state index in [0.29, 0.717) is 18.8 Å². The second-order valence-electron chi connectivity index (χ2n) is 7.20. The summed E-state index contributed by atoms with van der Waals surface area (Å²) in [5.41, 5.74) is 3.68. The minimum Gasteiger partial charge on any atom is -0.356 e. The van der Waals surface area contributed by atoms with Crippen LogP contribution in [0.25, 0.3) is 0 Å². The van der Waals surface area contributed by atoms with Crippen molar-refractivity contribution >= 4 is 17.4 Å². The highest BCUT2D eigenvalue weighted by atomic mass is 16.7. The maximum absolute atomic E-state index is 12.7. The zero-order valence-electron chi connectivity index (χ0n) is 15.8. The Kier molecular flexibility index (Phi) is 4.85. The van der Waals surface area contributed by atoms with Gasteiger partial charge in [-0.15, -0.1) is 0 Å². The maximum atomic E-state index is 12.7. The molecule has 1 aromatic carbocycles. The molecule has 1 aromatic heterocycles. The fourth-order valence-electron chi connectivity index (χ4n) is 3.68. The van der Waals surface area contributed by atoms with E-state index in [1.54, 1.807) is 12.3 Å². The van der Waals surface area contributed by atoms with Crippen LogP contribution in [0.3, 0.4) is 0 Å². The Morgan fingerprint density at radius 2 is 1.89 bits per heavy atom. The molecular weight excluding hydrogens is 342 g/mol. The van der Waals surface area contributed by atoms with Gasteiger partial charge in [0.1, 0.15) is 5.82 Å². The van der Waals surface area contributed by atoms with Crippen LogP contribution >= 0.6 is 0 Å². The number of benzene rings is 1. The van der Waals surface area contributed by atoms with Gasteiger partial charge in [0.2, 0.25) is 0 Å². The quantitative estimate of drug-likeness (QED) is 0.902. The molecule has 0 bridgehead atoms. The lowest BCUT2D eigenvalue weighted by Gasteiger charge is -2.38. The number of nitrogens with zero attached hydrogens (tertiary/aromatic N) is 2. The molecule has 0 radical (unpaired) electrons. The van der Waals surface area contributed by atoms with E-state index in [1.807, 2.05) is 38.1 Å². The lowest BCUT2D eigenvalue weighted by Crippen LogP contribution is -2.45. The molecule has 6 heteroatoms. The van der Waals surface area contributed by atoms with Crippen LogP contribution in [0.1, 0.15) is 34.3 Å². The van der Waals surface area contributed by atoms with Gasteiger partial charge in [-0.2, -0.15) is 0 Å². The summed E-state index contributed by atoms with van der Waals surface area (Å²) in [6, 6.07) is 9.52. The molecule has 2 saturated heterocycles. The Balaban J connectivity index is 1.46. The monoisotopic (exact) mass is 367 g/mol. The van der Waals surface area contributed by atoms with E-state index in [2.05, 4.69) is 15.2 Å². The van der Waals surface area contributed by atoms with Crippen molar-refractivity contribution in [2.45, 2.75) is 32.5 Å². The van der Waals surface area contributed by atoms with E-state index in [9.17, 15) is 4.79 Å². The topological polar surface area (TPSA) is 63.7 Å². The summed E-state index contributed by atoms with van der Waals surface area (Å²) >= 11 is 0. The van der Waals surface area contributed by atoms with Gasteiger partial charge in [-0.3, -0.25) is 4.79 Å². The van der Waals surface area contributed by atoms with Crippen LogP contribution in [0.2, 0.25) is 0 Å². The van der Waals surface area contributed by atoms with Crippen molar-refractivity contribution in [1.82, 2.24) is 4.98 Å². The van der Waals surface area contributed by atoms with E-state index in [4.69, 9.17) is 9.47 Å². The predicted molar refractivity (Wildman–Crippen MR) is 104 cm³/mol. The normalized spacial score (nSPS) is 18.7. The SMILES string of the molecule is Cc1cccc(NC(=O)c2ccnc(N3CCC4(CC3)OCCO4)c2)c1C. The molecule has 0 aliphatic carbocycles. The summed E-state index contributed by atoms with van der Waals surface area (Å²) in [5.74, 6) is 0.286. The van der Waals surface area contributed by atoms with E-state index < -0.39 is 5.79 Å². The Hall–Kier alpha value is -2.44. The highest BCUT2D eigenvalue weighted by Gasteiger charge is 2.40. The van der Waals surface area contributed by atoms with E-state index in [-0.39, 0.29) is 5.91 Å². The molecule has 27 heavy (non-hydrogen) atoms. The Labute approximate surface area is 159 Å². The van der Waals surface area contributed by atoms with Crippen LogP contribution in [0, 0.1) is 13.8 Å². The second-order valence-corrected chi connectivity index (χ2v) is 7.20. The van der Waals surface area contributed by atoms with Crippen LogP contribution in [-0.2, 0) is 9.47 Å². The summed E-state index contributed by atoms with van der Waals surface area (Å²) in [4.78, 5) is 19.4. The van der Waals surface area contributed by atoms with Crippen molar-refractivity contribution < 1.29 is 14.3 Å². The number of rotatable bonds is 3. The zero-order chi connectivity index (χ0) is 18.9. The van der Waals surface area contributed by atoms with Crippen LogP contribution in [0.15, 0.2) is 36.5 Å². The van der Waals surface area contributed by atoms with Gasteiger partial charge in [-0.1, -0.05) is 12.1 Å². The van der Waals surface area contributed by atoms with Gasteiger partial charge in [0.15, 0.2) is 5.79 Å². The summed E-state index contributed by atoms with van der Waals surface area (Å²) in [5, 5.41) is 3.01. The maximum Gasteiger partial charge on any atom is 0.255 e. The second kappa shape index (κ2) is 7.29. The minimum absolute atomic E-state index is 0.122. The third kappa shape index (κ3) is 3.68. The van der Waals surface area contributed by atoms with Gasteiger partial charge >= 0.3 is 0 Å². The summed E-state index contributed by atoms with van der Waals surface area (Å²) in [6.45, 7) is 7.00. The largest absolute Gasteiger partial charge is 0.356 e. The average Bonchev–Trinajstić information content (AvgIpc) is 3.14. The molecule has 4 rings (SSSR count). The molecule has 2 aliphatic rings. The zero-order valence-corrected chi connectivity index (χ0v) is 15.8. The fourth-order valence-corrected chi connectivity index (χ4v) is 3.68. The standard InChI is InChI=1S/C21H25N3O3/c1-15-4-3-5-18(16(15)2)23-20(25)17-6-9-22-19(14-17)24-10-7-21(8-11-24)26-12-13-27-21/h3-6,9,14H,7-8,10-13H2,1-2H3,(H,23,25). The number of amides is 1. The lowest BCUT2D eigenvalue weighted by atomic mass is 10.0. The summed E-state index contributed by atoms with van der Waals surface area (Å²) < 4.78 is 11.6. The van der Waals surface area contributed by atoms with Gasteiger partial charge in [-0.05, 0) is 43.2 Å². The third-order valence-corrected chi connectivity index (χ3v) is 5.52. The van der Waals surface area contributed by atoms with Crippen LogP contribution in [0.4, 0.5) is 11.5 Å². The Morgan fingerprint density at radius 3 is 2.63 bits per heavy atom. The smallest absolute Gasteiger partial charge is 0.255 e. The molecule has 1 spiro atoms. The van der Waals surface area contributed by atoms with Crippen molar-refractivity contribution in [1.29, 1.82) is 0 Å². The number of carbonyl (C=O) groups is 1. The molecule has 0 atom stereocenters. The molecule has 0 saturated carbocycles. The minimum atomic E-state index is -0.409. The average molecular weight is 367 g/mol. The number of hydrogen-bond donors (Lipinski definition) is 1. The van der Waals surface area contributed by atoms with Gasteiger partial charge < -0.3 is 19.7 Å². The number of piperidine rings is 1. The fraction of sp³-hybridized carbons (Fsp3) is 0.429. The number of aromatic nitrogens is 1.